The van der Waals surface area contributed by atoms with Crippen molar-refractivity contribution in [2.45, 2.75) is 57.8 Å². The van der Waals surface area contributed by atoms with Gasteiger partial charge in [0, 0.05) is 22.0 Å². The number of H-pyrrole nitrogens is 1. The zero-order valence-electron chi connectivity index (χ0n) is 13.6. The van der Waals surface area contributed by atoms with Gasteiger partial charge in [0.1, 0.15) is 0 Å². The lowest BCUT2D eigenvalue weighted by Gasteiger charge is -2.36. The molecule has 2 aromatic rings. The molecular formula is C19H25NO2. The number of nitrogens with one attached hydrogen (secondary N) is 1. The van der Waals surface area contributed by atoms with Crippen LogP contribution in [-0.4, -0.2) is 17.6 Å². The highest BCUT2D eigenvalue weighted by atomic mass is 16.5. The number of benzene rings is 1. The zero-order valence-corrected chi connectivity index (χ0v) is 13.6. The molecule has 0 saturated carbocycles. The molecule has 1 N–H and O–H groups in total. The number of hydrogen-bond donors (Lipinski definition) is 1. The molecule has 1 aromatic carbocycles. The maximum absolute atomic E-state index is 12.2. The van der Waals surface area contributed by atoms with Crippen molar-refractivity contribution in [1.82, 2.24) is 4.98 Å². The van der Waals surface area contributed by atoms with E-state index in [1.54, 1.807) is 0 Å². The van der Waals surface area contributed by atoms with Crippen LogP contribution in [0.15, 0.2) is 24.3 Å². The number of para-hydroxylation sites is 1. The van der Waals surface area contributed by atoms with Gasteiger partial charge in [0.15, 0.2) is 0 Å². The van der Waals surface area contributed by atoms with Gasteiger partial charge >= 0.3 is 5.97 Å². The highest BCUT2D eigenvalue weighted by Crippen LogP contribution is 2.45. The molecule has 22 heavy (non-hydrogen) atoms. The van der Waals surface area contributed by atoms with Gasteiger partial charge in [-0.1, -0.05) is 31.5 Å². The van der Waals surface area contributed by atoms with Crippen LogP contribution in [0.4, 0.5) is 0 Å². The lowest BCUT2D eigenvalue weighted by Crippen LogP contribution is -2.34. The highest BCUT2D eigenvalue weighted by Gasteiger charge is 2.40. The van der Waals surface area contributed by atoms with Gasteiger partial charge in [-0.3, -0.25) is 4.79 Å². The van der Waals surface area contributed by atoms with E-state index < -0.39 is 0 Å². The van der Waals surface area contributed by atoms with Crippen LogP contribution in [0.3, 0.4) is 0 Å². The molecule has 3 heteroatoms. The first-order chi connectivity index (χ1) is 10.7. The van der Waals surface area contributed by atoms with Crippen molar-refractivity contribution in [2.75, 3.05) is 6.61 Å². The molecule has 1 aliphatic rings. The first-order valence-corrected chi connectivity index (χ1v) is 8.46. The number of aryl methyl sites for hydroxylation is 1. The summed E-state index contributed by atoms with van der Waals surface area (Å²) in [5.74, 6) is -0.0672. The monoisotopic (exact) mass is 299 g/mol. The molecule has 1 aromatic heterocycles. The Morgan fingerprint density at radius 2 is 2.14 bits per heavy atom. The number of esters is 1. The van der Waals surface area contributed by atoms with Gasteiger partial charge in [0.25, 0.3) is 0 Å². The van der Waals surface area contributed by atoms with Crippen molar-refractivity contribution in [3.8, 4) is 0 Å². The Morgan fingerprint density at radius 1 is 1.32 bits per heavy atom. The molecule has 118 valence electrons. The fraction of sp³-hybridized carbons (Fsp3) is 0.526. The Bertz CT molecular complexity index is 673. The van der Waals surface area contributed by atoms with Crippen molar-refractivity contribution < 1.29 is 9.53 Å². The number of fused-ring (bicyclic) bond motifs is 3. The fourth-order valence-corrected chi connectivity index (χ4v) is 4.12. The van der Waals surface area contributed by atoms with Gasteiger partial charge in [-0.15, -0.1) is 0 Å². The molecular weight excluding hydrogens is 274 g/mol. The van der Waals surface area contributed by atoms with Gasteiger partial charge in [0.2, 0.25) is 0 Å². The fourth-order valence-electron chi connectivity index (χ4n) is 4.12. The molecule has 0 amide bonds. The van der Waals surface area contributed by atoms with Gasteiger partial charge in [-0.2, -0.15) is 0 Å². The van der Waals surface area contributed by atoms with E-state index in [4.69, 9.17) is 4.74 Å². The molecule has 0 spiro atoms. The predicted molar refractivity (Wildman–Crippen MR) is 89.1 cm³/mol. The van der Waals surface area contributed by atoms with Crippen LogP contribution in [0, 0.1) is 0 Å². The maximum Gasteiger partial charge on any atom is 0.306 e. The number of ether oxygens (including phenoxy) is 1. The second-order valence-corrected chi connectivity index (χ2v) is 6.39. The lowest BCUT2D eigenvalue weighted by atomic mass is 9.68. The third-order valence-corrected chi connectivity index (χ3v) is 4.94. The summed E-state index contributed by atoms with van der Waals surface area (Å²) in [7, 11) is 0. The first kappa shape index (κ1) is 15.1. The Balaban J connectivity index is 2.07. The van der Waals surface area contributed by atoms with E-state index in [9.17, 15) is 4.79 Å². The quantitative estimate of drug-likeness (QED) is 0.826. The van der Waals surface area contributed by atoms with Crippen molar-refractivity contribution >= 4 is 16.9 Å². The van der Waals surface area contributed by atoms with E-state index in [0.717, 1.165) is 32.1 Å². The molecule has 0 fully saturated rings. The molecule has 0 saturated heterocycles. The van der Waals surface area contributed by atoms with Gasteiger partial charge in [0.05, 0.1) is 13.0 Å². The van der Waals surface area contributed by atoms with Crippen molar-refractivity contribution in [3.05, 3.63) is 35.5 Å². The molecule has 3 nitrogen and oxygen atoms in total. The molecule has 0 aliphatic heterocycles. The second-order valence-electron chi connectivity index (χ2n) is 6.39. The minimum atomic E-state index is -0.0758. The Hall–Kier alpha value is -1.77. The highest BCUT2D eigenvalue weighted by molar-refractivity contribution is 5.86. The first-order valence-electron chi connectivity index (χ1n) is 8.46. The number of hydrogen-bond acceptors (Lipinski definition) is 2. The predicted octanol–water partition coefficient (Wildman–Crippen LogP) is 4.50. The SMILES string of the molecule is CCC[C@]1(CC(=O)OCC)CCCc2c1[nH]c1ccccc21. The Morgan fingerprint density at radius 3 is 2.91 bits per heavy atom. The topological polar surface area (TPSA) is 42.1 Å². The van der Waals surface area contributed by atoms with Crippen LogP contribution in [0.1, 0.15) is 57.2 Å². The van der Waals surface area contributed by atoms with Crippen LogP contribution in [0.5, 0.6) is 0 Å². The van der Waals surface area contributed by atoms with Crippen molar-refractivity contribution in [1.29, 1.82) is 0 Å². The average molecular weight is 299 g/mol. The molecule has 3 rings (SSSR count). The van der Waals surface area contributed by atoms with Gasteiger partial charge in [-0.25, -0.2) is 0 Å². The minimum Gasteiger partial charge on any atom is -0.466 e. The number of carbonyl (C=O) groups is 1. The summed E-state index contributed by atoms with van der Waals surface area (Å²) in [6.07, 6.45) is 5.93. The second kappa shape index (κ2) is 6.15. The average Bonchev–Trinajstić information content (AvgIpc) is 2.88. The van der Waals surface area contributed by atoms with E-state index in [1.165, 1.54) is 22.2 Å². The third-order valence-electron chi connectivity index (χ3n) is 4.94. The molecule has 1 atom stereocenters. The van der Waals surface area contributed by atoms with Gasteiger partial charge < -0.3 is 9.72 Å². The summed E-state index contributed by atoms with van der Waals surface area (Å²) in [4.78, 5) is 15.8. The maximum atomic E-state index is 12.2. The van der Waals surface area contributed by atoms with Crippen LogP contribution in [0.25, 0.3) is 10.9 Å². The molecule has 0 radical (unpaired) electrons. The largest absolute Gasteiger partial charge is 0.466 e. The molecule has 0 bridgehead atoms. The smallest absolute Gasteiger partial charge is 0.306 e. The summed E-state index contributed by atoms with van der Waals surface area (Å²) < 4.78 is 5.25. The van der Waals surface area contributed by atoms with E-state index >= 15 is 0 Å². The number of carbonyl (C=O) groups excluding carboxylic acids is 1. The number of aromatic nitrogens is 1. The van der Waals surface area contributed by atoms with Crippen molar-refractivity contribution in [3.63, 3.8) is 0 Å². The van der Waals surface area contributed by atoms with Crippen LogP contribution in [0.2, 0.25) is 0 Å². The van der Waals surface area contributed by atoms with E-state index in [0.29, 0.717) is 13.0 Å². The third kappa shape index (κ3) is 2.53. The molecule has 1 aliphatic carbocycles. The normalized spacial score (nSPS) is 20.8. The summed E-state index contributed by atoms with van der Waals surface area (Å²) in [6.45, 7) is 4.53. The summed E-state index contributed by atoms with van der Waals surface area (Å²) in [5, 5.41) is 1.32. The minimum absolute atomic E-state index is 0.0672. The standard InChI is InChI=1S/C19H25NO2/c1-3-11-19(13-17(21)22-4-2)12-7-9-15-14-8-5-6-10-16(14)20-18(15)19/h5-6,8,10,20H,3-4,7,9,11-13H2,1-2H3/t19-/m1/s1. The van der Waals surface area contributed by atoms with Crippen LogP contribution >= 0.6 is 0 Å². The Kier molecular flexibility index (Phi) is 4.23. The molecule has 1 heterocycles. The number of rotatable bonds is 5. The van der Waals surface area contributed by atoms with Crippen LogP contribution < -0.4 is 0 Å². The summed E-state index contributed by atoms with van der Waals surface area (Å²) in [5.41, 5.74) is 3.82. The van der Waals surface area contributed by atoms with Crippen LogP contribution in [-0.2, 0) is 21.4 Å². The molecule has 0 unspecified atom stereocenters. The lowest BCUT2D eigenvalue weighted by molar-refractivity contribution is -0.145. The summed E-state index contributed by atoms with van der Waals surface area (Å²) >= 11 is 0. The van der Waals surface area contributed by atoms with Crippen molar-refractivity contribution in [2.24, 2.45) is 0 Å². The van der Waals surface area contributed by atoms with Gasteiger partial charge in [-0.05, 0) is 44.2 Å². The van der Waals surface area contributed by atoms with E-state index in [1.807, 2.05) is 6.92 Å². The summed E-state index contributed by atoms with van der Waals surface area (Å²) in [6, 6.07) is 8.49. The Labute approximate surface area is 132 Å². The zero-order chi connectivity index (χ0) is 15.6. The van der Waals surface area contributed by atoms with E-state index in [2.05, 4.69) is 36.2 Å². The van der Waals surface area contributed by atoms with E-state index in [-0.39, 0.29) is 11.4 Å². The number of aromatic amines is 1.